The first kappa shape index (κ1) is 13.7. The molecule has 1 aromatic rings. The van der Waals surface area contributed by atoms with Gasteiger partial charge in [0.1, 0.15) is 0 Å². The van der Waals surface area contributed by atoms with Crippen molar-refractivity contribution in [2.75, 3.05) is 6.61 Å². The van der Waals surface area contributed by atoms with Crippen molar-refractivity contribution in [1.29, 1.82) is 0 Å². The van der Waals surface area contributed by atoms with E-state index in [1.165, 1.54) is 6.20 Å². The van der Waals surface area contributed by atoms with Gasteiger partial charge in [-0.25, -0.2) is 9.97 Å². The van der Waals surface area contributed by atoms with Crippen molar-refractivity contribution in [2.45, 2.75) is 26.9 Å². The Morgan fingerprint density at radius 2 is 1.93 bits per heavy atom. The lowest BCUT2D eigenvalue weighted by molar-refractivity contribution is -0.154. The Bertz CT molecular complexity index is 289. The summed E-state index contributed by atoms with van der Waals surface area (Å²) in [5.41, 5.74) is 0.562. The third-order valence-corrected chi connectivity index (χ3v) is 1.14. The van der Waals surface area contributed by atoms with Crippen LogP contribution in [0, 0.1) is 6.92 Å². The highest BCUT2D eigenvalue weighted by Gasteiger charge is 2.28. The van der Waals surface area contributed by atoms with Crippen molar-refractivity contribution >= 4 is 0 Å². The molecular formula is C9H13F3N2O. The lowest BCUT2D eigenvalue weighted by Gasteiger charge is -2.06. The van der Waals surface area contributed by atoms with Crippen molar-refractivity contribution in [1.82, 2.24) is 9.97 Å². The Morgan fingerprint density at radius 3 is 2.40 bits per heavy atom. The van der Waals surface area contributed by atoms with Crippen molar-refractivity contribution < 1.29 is 17.9 Å². The zero-order valence-corrected chi connectivity index (χ0v) is 8.80. The molecule has 1 rings (SSSR count). The van der Waals surface area contributed by atoms with Crippen molar-refractivity contribution in [2.24, 2.45) is 0 Å². The van der Waals surface area contributed by atoms with Crippen LogP contribution in [0.2, 0.25) is 0 Å². The summed E-state index contributed by atoms with van der Waals surface area (Å²) in [6, 6.07) is 1.32. The molecule has 3 nitrogen and oxygen atoms in total. The summed E-state index contributed by atoms with van der Waals surface area (Å²) >= 11 is 0. The van der Waals surface area contributed by atoms with E-state index >= 15 is 0 Å². The van der Waals surface area contributed by atoms with Crippen LogP contribution in [0.4, 0.5) is 13.2 Å². The van der Waals surface area contributed by atoms with E-state index in [1.54, 1.807) is 13.0 Å². The van der Waals surface area contributed by atoms with E-state index in [0.717, 1.165) is 0 Å². The number of ether oxygens (including phenoxy) is 1. The molecule has 0 aliphatic rings. The number of hydrogen-bond acceptors (Lipinski definition) is 3. The predicted molar refractivity (Wildman–Crippen MR) is 49.7 cm³/mol. The maximum absolute atomic E-state index is 11.7. The fraction of sp³-hybridized carbons (Fsp3) is 0.556. The molecule has 0 radical (unpaired) electrons. The van der Waals surface area contributed by atoms with E-state index in [0.29, 0.717) is 5.69 Å². The van der Waals surface area contributed by atoms with Gasteiger partial charge >= 0.3 is 12.2 Å². The Labute approximate surface area is 86.3 Å². The van der Waals surface area contributed by atoms with E-state index in [2.05, 4.69) is 14.7 Å². The molecule has 0 fully saturated rings. The number of alkyl halides is 3. The minimum atomic E-state index is -4.35. The maximum atomic E-state index is 11.7. The third-order valence-electron chi connectivity index (χ3n) is 1.14. The predicted octanol–water partition coefficient (Wildman–Crippen LogP) is 2.75. The number of aromatic nitrogens is 2. The number of nitrogens with zero attached hydrogens (tertiary/aromatic N) is 2. The maximum Gasteiger partial charge on any atom is 0.422 e. The summed E-state index contributed by atoms with van der Waals surface area (Å²) in [5, 5.41) is 0. The van der Waals surface area contributed by atoms with Gasteiger partial charge in [0, 0.05) is 11.9 Å². The number of halogens is 3. The number of rotatable bonds is 2. The highest BCUT2D eigenvalue weighted by atomic mass is 19.4. The van der Waals surface area contributed by atoms with E-state index in [1.807, 2.05) is 13.8 Å². The average molecular weight is 222 g/mol. The molecule has 6 heteroatoms. The van der Waals surface area contributed by atoms with Gasteiger partial charge in [-0.2, -0.15) is 13.2 Å². The van der Waals surface area contributed by atoms with E-state index < -0.39 is 12.8 Å². The second-order valence-electron chi connectivity index (χ2n) is 2.38. The summed E-state index contributed by atoms with van der Waals surface area (Å²) in [5.74, 6) is 0. The fourth-order valence-corrected chi connectivity index (χ4v) is 0.642. The zero-order chi connectivity index (χ0) is 11.9. The van der Waals surface area contributed by atoms with Crippen LogP contribution in [0.1, 0.15) is 19.5 Å². The SMILES string of the molecule is CC.Cc1ccnc(OCC(F)(F)F)n1. The summed E-state index contributed by atoms with van der Waals surface area (Å²) < 4.78 is 39.3. The molecular weight excluding hydrogens is 209 g/mol. The topological polar surface area (TPSA) is 35.0 Å². The van der Waals surface area contributed by atoms with Gasteiger partial charge in [-0.1, -0.05) is 13.8 Å². The van der Waals surface area contributed by atoms with Gasteiger partial charge in [0.15, 0.2) is 6.61 Å². The van der Waals surface area contributed by atoms with Gasteiger partial charge in [-0.15, -0.1) is 0 Å². The van der Waals surface area contributed by atoms with Crippen LogP contribution in [0.15, 0.2) is 12.3 Å². The normalized spacial score (nSPS) is 10.3. The van der Waals surface area contributed by atoms with Gasteiger partial charge < -0.3 is 4.74 Å². The van der Waals surface area contributed by atoms with Crippen molar-refractivity contribution in [3.8, 4) is 6.01 Å². The smallest absolute Gasteiger partial charge is 0.422 e. The second kappa shape index (κ2) is 6.21. The molecule has 0 bridgehead atoms. The molecule has 0 unspecified atom stereocenters. The zero-order valence-electron chi connectivity index (χ0n) is 8.80. The van der Waals surface area contributed by atoms with E-state index in [4.69, 9.17) is 0 Å². The first-order valence-corrected chi connectivity index (χ1v) is 4.46. The summed E-state index contributed by atoms with van der Waals surface area (Å²) in [6.07, 6.45) is -3.01. The molecule has 86 valence electrons. The molecule has 0 saturated heterocycles. The lowest BCUT2D eigenvalue weighted by Crippen LogP contribution is -2.20. The number of aryl methyl sites for hydroxylation is 1. The van der Waals surface area contributed by atoms with Crippen molar-refractivity contribution in [3.63, 3.8) is 0 Å². The summed E-state index contributed by atoms with van der Waals surface area (Å²) in [6.45, 7) is 4.28. The standard InChI is InChI=1S/C7H7F3N2O.C2H6/c1-5-2-3-11-6(12-5)13-4-7(8,9)10;1-2/h2-3H,4H2,1H3;1-2H3. The minimum Gasteiger partial charge on any atom is -0.454 e. The average Bonchev–Trinajstić information content (AvgIpc) is 2.17. The van der Waals surface area contributed by atoms with Crippen LogP contribution in [-0.2, 0) is 0 Å². The Hall–Kier alpha value is -1.33. The second-order valence-corrected chi connectivity index (χ2v) is 2.38. The molecule has 0 spiro atoms. The minimum absolute atomic E-state index is 0.252. The largest absolute Gasteiger partial charge is 0.454 e. The van der Waals surface area contributed by atoms with Crippen LogP contribution in [0.25, 0.3) is 0 Å². The van der Waals surface area contributed by atoms with Gasteiger partial charge in [0.2, 0.25) is 0 Å². The highest BCUT2D eigenvalue weighted by molar-refractivity contribution is 5.02. The molecule has 0 amide bonds. The molecule has 0 aromatic carbocycles. The van der Waals surface area contributed by atoms with Crippen LogP contribution in [-0.4, -0.2) is 22.8 Å². The van der Waals surface area contributed by atoms with Gasteiger partial charge in [0.25, 0.3) is 0 Å². The molecule has 1 heterocycles. The molecule has 0 saturated carbocycles. The summed E-state index contributed by atoms with van der Waals surface area (Å²) in [7, 11) is 0. The fourth-order valence-electron chi connectivity index (χ4n) is 0.642. The molecule has 0 atom stereocenters. The van der Waals surface area contributed by atoms with Gasteiger partial charge in [-0.05, 0) is 13.0 Å². The summed E-state index contributed by atoms with van der Waals surface area (Å²) in [4.78, 5) is 7.15. The first-order chi connectivity index (χ1) is 6.97. The molecule has 1 aromatic heterocycles. The lowest BCUT2D eigenvalue weighted by atomic mass is 10.5. The molecule has 0 aliphatic heterocycles. The highest BCUT2D eigenvalue weighted by Crippen LogP contribution is 2.15. The van der Waals surface area contributed by atoms with Crippen LogP contribution in [0.3, 0.4) is 0 Å². The third kappa shape index (κ3) is 6.70. The first-order valence-electron chi connectivity index (χ1n) is 4.46. The molecule has 0 aliphatic carbocycles. The van der Waals surface area contributed by atoms with Gasteiger partial charge in [-0.3, -0.25) is 0 Å². The van der Waals surface area contributed by atoms with Crippen LogP contribution < -0.4 is 4.74 Å². The van der Waals surface area contributed by atoms with Crippen LogP contribution >= 0.6 is 0 Å². The Morgan fingerprint density at radius 1 is 1.33 bits per heavy atom. The van der Waals surface area contributed by atoms with E-state index in [9.17, 15) is 13.2 Å². The van der Waals surface area contributed by atoms with Crippen LogP contribution in [0.5, 0.6) is 6.01 Å². The molecule has 15 heavy (non-hydrogen) atoms. The molecule has 0 N–H and O–H groups in total. The monoisotopic (exact) mass is 222 g/mol. The van der Waals surface area contributed by atoms with Gasteiger partial charge in [0.05, 0.1) is 0 Å². The quantitative estimate of drug-likeness (QED) is 0.771. The number of hydrogen-bond donors (Lipinski definition) is 0. The Balaban J connectivity index is 0.000000921. The van der Waals surface area contributed by atoms with Crippen molar-refractivity contribution in [3.05, 3.63) is 18.0 Å². The van der Waals surface area contributed by atoms with E-state index in [-0.39, 0.29) is 6.01 Å². The Kier molecular flexibility index (Phi) is 5.66.